The van der Waals surface area contributed by atoms with Crippen molar-refractivity contribution in [3.8, 4) is 0 Å². The highest BCUT2D eigenvalue weighted by Crippen LogP contribution is 2.15. The molecule has 0 fully saturated rings. The van der Waals surface area contributed by atoms with Crippen LogP contribution in [0.2, 0.25) is 0 Å². The van der Waals surface area contributed by atoms with Crippen molar-refractivity contribution in [3.05, 3.63) is 118 Å². The third-order valence-electron chi connectivity index (χ3n) is 5.19. The van der Waals surface area contributed by atoms with E-state index in [0.29, 0.717) is 0 Å². The molecule has 0 unspecified atom stereocenters. The minimum Gasteiger partial charge on any atom is -0.100 e. The molecule has 34 heavy (non-hydrogen) atoms. The van der Waals surface area contributed by atoms with Crippen LogP contribution in [0.3, 0.4) is 0 Å². The summed E-state index contributed by atoms with van der Waals surface area (Å²) >= 11 is 0. The molecule has 0 heterocycles. The van der Waals surface area contributed by atoms with Gasteiger partial charge in [0.1, 0.15) is 0 Å². The lowest BCUT2D eigenvalue weighted by Gasteiger charge is -2.08. The van der Waals surface area contributed by atoms with Gasteiger partial charge in [-0.3, -0.25) is 0 Å². The molecular formula is C34H50. The molecule has 0 bridgehead atoms. The van der Waals surface area contributed by atoms with E-state index < -0.39 is 0 Å². The van der Waals surface area contributed by atoms with E-state index >= 15 is 0 Å². The molecule has 3 aromatic carbocycles. The van der Waals surface area contributed by atoms with E-state index in [9.17, 15) is 0 Å². The van der Waals surface area contributed by atoms with Gasteiger partial charge in [0.25, 0.3) is 0 Å². The van der Waals surface area contributed by atoms with Gasteiger partial charge in [-0.2, -0.15) is 0 Å². The normalized spacial score (nSPS) is 9.41. The number of hydrogen-bond acceptors (Lipinski definition) is 0. The summed E-state index contributed by atoms with van der Waals surface area (Å²) in [5, 5.41) is 0. The summed E-state index contributed by atoms with van der Waals surface area (Å²) in [5.41, 5.74) is 9.81. The molecule has 3 rings (SSSR count). The molecule has 0 aromatic heterocycles. The average molecular weight is 459 g/mol. The summed E-state index contributed by atoms with van der Waals surface area (Å²) in [5.74, 6) is 0. The van der Waals surface area contributed by atoms with Crippen LogP contribution in [0.5, 0.6) is 0 Å². The maximum absolute atomic E-state index is 3.56. The molecule has 0 aliphatic rings. The van der Waals surface area contributed by atoms with Gasteiger partial charge in [-0.05, 0) is 86.3 Å². The first-order valence-corrected chi connectivity index (χ1v) is 13.1. The molecule has 0 N–H and O–H groups in total. The van der Waals surface area contributed by atoms with Crippen LogP contribution in [-0.2, 0) is 32.1 Å². The van der Waals surface area contributed by atoms with Crippen molar-refractivity contribution in [1.29, 1.82) is 0 Å². The Hall–Kier alpha value is -2.60. The van der Waals surface area contributed by atoms with Crippen LogP contribution in [0.15, 0.2) is 84.9 Å². The summed E-state index contributed by atoms with van der Waals surface area (Å²) in [6, 6.07) is 26.4. The van der Waals surface area contributed by atoms with E-state index in [1.807, 2.05) is 19.9 Å². The van der Waals surface area contributed by atoms with E-state index in [1.54, 1.807) is 0 Å². The molecular weight excluding hydrogens is 408 g/mol. The van der Waals surface area contributed by atoms with E-state index in [0.717, 1.165) is 32.1 Å². The highest BCUT2D eigenvalue weighted by Gasteiger charge is 2.01. The first-order valence-electron chi connectivity index (χ1n) is 13.1. The van der Waals surface area contributed by atoms with Crippen LogP contribution in [0.1, 0.15) is 88.3 Å². The van der Waals surface area contributed by atoms with Crippen molar-refractivity contribution in [1.82, 2.24) is 0 Å². The van der Waals surface area contributed by atoms with E-state index in [1.165, 1.54) is 45.4 Å². The highest BCUT2D eigenvalue weighted by atomic mass is 14.1. The molecule has 0 aliphatic heterocycles. The Morgan fingerprint density at radius 1 is 0.588 bits per heavy atom. The molecule has 186 valence electrons. The third-order valence-corrected chi connectivity index (χ3v) is 5.19. The van der Waals surface area contributed by atoms with Gasteiger partial charge < -0.3 is 0 Å². The number of aryl methyl sites for hydroxylation is 6. The second-order valence-corrected chi connectivity index (χ2v) is 9.04. The summed E-state index contributed by atoms with van der Waals surface area (Å²) in [6.07, 6.45) is 6.92. The lowest BCUT2D eigenvalue weighted by atomic mass is 9.97. The van der Waals surface area contributed by atoms with Crippen molar-refractivity contribution < 1.29 is 0 Å². The molecule has 0 nitrogen and oxygen atoms in total. The van der Waals surface area contributed by atoms with Crippen molar-refractivity contribution in [2.45, 2.75) is 93.9 Å². The third kappa shape index (κ3) is 15.3. The predicted molar refractivity (Wildman–Crippen MR) is 156 cm³/mol. The van der Waals surface area contributed by atoms with Crippen molar-refractivity contribution in [2.24, 2.45) is 0 Å². The zero-order valence-electron chi connectivity index (χ0n) is 23.4. The van der Waals surface area contributed by atoms with Crippen molar-refractivity contribution >= 4 is 0 Å². The number of allylic oxidation sites excluding steroid dienone is 1. The second-order valence-electron chi connectivity index (χ2n) is 9.04. The fraction of sp³-hybridized carbons (Fsp3) is 0.412. The monoisotopic (exact) mass is 458 g/mol. The summed E-state index contributed by atoms with van der Waals surface area (Å²) in [6.45, 7) is 20.6. The number of hydrogen-bond donors (Lipinski definition) is 0. The highest BCUT2D eigenvalue weighted by molar-refractivity contribution is 5.32. The van der Waals surface area contributed by atoms with Crippen LogP contribution >= 0.6 is 0 Å². The van der Waals surface area contributed by atoms with Crippen LogP contribution in [0.25, 0.3) is 0 Å². The first kappa shape index (κ1) is 31.4. The van der Waals surface area contributed by atoms with Crippen LogP contribution in [-0.4, -0.2) is 0 Å². The molecule has 0 aliphatic carbocycles. The maximum Gasteiger partial charge on any atom is -0.0236 e. The van der Waals surface area contributed by atoms with Gasteiger partial charge in [0.05, 0.1) is 0 Å². The molecule has 0 saturated heterocycles. The predicted octanol–water partition coefficient (Wildman–Crippen LogP) is 10.2. The zero-order valence-corrected chi connectivity index (χ0v) is 23.4. The van der Waals surface area contributed by atoms with E-state index in [2.05, 4.69) is 115 Å². The topological polar surface area (TPSA) is 0 Å². The van der Waals surface area contributed by atoms with Gasteiger partial charge in [-0.1, -0.05) is 119 Å². The summed E-state index contributed by atoms with van der Waals surface area (Å²) in [4.78, 5) is 0. The Balaban J connectivity index is 0.000000596. The van der Waals surface area contributed by atoms with Crippen molar-refractivity contribution in [2.75, 3.05) is 0 Å². The van der Waals surface area contributed by atoms with Crippen LogP contribution in [0.4, 0.5) is 0 Å². The Labute approximate surface area is 212 Å². The Morgan fingerprint density at radius 3 is 1.44 bits per heavy atom. The van der Waals surface area contributed by atoms with Crippen LogP contribution < -0.4 is 0 Å². The summed E-state index contributed by atoms with van der Waals surface area (Å²) < 4.78 is 0. The van der Waals surface area contributed by atoms with Gasteiger partial charge in [-0.25, -0.2) is 0 Å². The second kappa shape index (κ2) is 19.8. The molecule has 0 saturated carbocycles. The average Bonchev–Trinajstić information content (AvgIpc) is 2.85. The molecule has 0 spiro atoms. The fourth-order valence-corrected chi connectivity index (χ4v) is 3.15. The SMILES string of the molecule is C=C(C)C.CCC.CCc1ccc(CCc2cc(CC)ccc2C)cc1.CCc1ccccc1. The Morgan fingerprint density at radius 2 is 1.00 bits per heavy atom. The molecule has 3 aromatic rings. The van der Waals surface area contributed by atoms with Gasteiger partial charge >= 0.3 is 0 Å². The largest absolute Gasteiger partial charge is 0.100 e. The molecule has 0 atom stereocenters. The van der Waals surface area contributed by atoms with Gasteiger partial charge in [-0.15, -0.1) is 6.58 Å². The number of rotatable bonds is 6. The van der Waals surface area contributed by atoms with Gasteiger partial charge in [0, 0.05) is 0 Å². The van der Waals surface area contributed by atoms with Gasteiger partial charge in [0.15, 0.2) is 0 Å². The van der Waals surface area contributed by atoms with E-state index in [-0.39, 0.29) is 0 Å². The number of benzene rings is 3. The Kier molecular flexibility index (Phi) is 18.3. The standard InChI is InChI=1S/C19H24.C8H10.C4H8.C3H8/c1-4-16-8-10-18(11-9-16)12-13-19-14-17(5-2)7-6-15(19)3;1-2-8-6-4-3-5-7-8;1-4(2)3;1-3-2/h6-11,14H,4-5,12-13H2,1-3H3;3-7H,2H2,1H3;1H2,2-3H3;3H2,1-2H3. The molecule has 0 heteroatoms. The Bertz CT molecular complexity index is 881. The lowest BCUT2D eigenvalue weighted by Crippen LogP contribution is -1.96. The quantitative estimate of drug-likeness (QED) is 0.322. The lowest BCUT2D eigenvalue weighted by molar-refractivity contribution is 0.939. The summed E-state index contributed by atoms with van der Waals surface area (Å²) in [7, 11) is 0. The van der Waals surface area contributed by atoms with E-state index in [4.69, 9.17) is 0 Å². The smallest absolute Gasteiger partial charge is 0.0236 e. The van der Waals surface area contributed by atoms with Gasteiger partial charge in [0.2, 0.25) is 0 Å². The molecule has 0 radical (unpaired) electrons. The zero-order chi connectivity index (χ0) is 25.8. The minimum absolute atomic E-state index is 1.12. The fourth-order valence-electron chi connectivity index (χ4n) is 3.15. The van der Waals surface area contributed by atoms with Crippen molar-refractivity contribution in [3.63, 3.8) is 0 Å². The maximum atomic E-state index is 3.56. The minimum atomic E-state index is 1.12. The molecule has 0 amide bonds. The first-order chi connectivity index (χ1) is 16.3. The van der Waals surface area contributed by atoms with Crippen LogP contribution in [0, 0.1) is 6.92 Å².